The van der Waals surface area contributed by atoms with Crippen molar-refractivity contribution < 1.29 is 7.56 Å². The van der Waals surface area contributed by atoms with E-state index < -0.39 is 38.4 Å². The summed E-state index contributed by atoms with van der Waals surface area (Å²) in [5.41, 5.74) is 0. The van der Waals surface area contributed by atoms with Crippen LogP contribution in [-0.4, -0.2) is 51.6 Å². The van der Waals surface area contributed by atoms with E-state index in [1.807, 2.05) is 0 Å². The van der Waals surface area contributed by atoms with E-state index in [0.29, 0.717) is 0 Å². The van der Waals surface area contributed by atoms with E-state index in [-0.39, 0.29) is 0 Å². The monoisotopic (exact) mass is 434 g/mol. The molecule has 0 bridgehead atoms. The molecule has 0 atom stereocenters. The first-order valence-corrected chi connectivity index (χ1v) is 21.9. The Morgan fingerprint density at radius 1 is 0.733 bits per heavy atom. The van der Waals surface area contributed by atoms with Gasteiger partial charge in [-0.1, -0.05) is 0 Å². The van der Waals surface area contributed by atoms with Crippen LogP contribution in [0.4, 0.5) is 0 Å². The van der Waals surface area contributed by atoms with Gasteiger partial charge in [-0.25, -0.2) is 0 Å². The second-order valence-corrected chi connectivity index (χ2v) is 26.7. The average molecular weight is 432 g/mol. The summed E-state index contributed by atoms with van der Waals surface area (Å²) in [5.74, 6) is 0. The quantitative estimate of drug-likeness (QED) is 0.552. The van der Waals surface area contributed by atoms with E-state index in [1.165, 1.54) is 0 Å². The molecule has 0 aliphatic carbocycles. The first-order valence-electron chi connectivity index (χ1n) is 5.81. The molecule has 0 fully saturated rings. The molecule has 3 nitrogen and oxygen atoms in total. The summed E-state index contributed by atoms with van der Waals surface area (Å²) in [5, 5.41) is 0. The van der Waals surface area contributed by atoms with E-state index in [9.17, 15) is 0 Å². The molecule has 92 valence electrons. The molecule has 0 heterocycles. The molecule has 0 N–H and O–H groups in total. The molecule has 0 rings (SSSR count). The molecule has 5 heteroatoms. The average Bonchev–Trinajstić information content (AvgIpc) is 2.10. The zero-order valence-corrected chi connectivity index (χ0v) is 16.8. The summed E-state index contributed by atoms with van der Waals surface area (Å²) < 4.78 is 17.9. The van der Waals surface area contributed by atoms with Gasteiger partial charge in [0.2, 0.25) is 0 Å². The van der Waals surface area contributed by atoms with Crippen molar-refractivity contribution in [2.24, 2.45) is 0 Å². The van der Waals surface area contributed by atoms with E-state index in [4.69, 9.17) is 7.56 Å². The van der Waals surface area contributed by atoms with Gasteiger partial charge in [0.25, 0.3) is 0 Å². The Kier molecular flexibility index (Phi) is 8.50. The maximum absolute atomic E-state index is 6.20. The zero-order valence-electron chi connectivity index (χ0n) is 11.1. The van der Waals surface area contributed by atoms with Crippen LogP contribution in [0.15, 0.2) is 0 Å². The van der Waals surface area contributed by atoms with Gasteiger partial charge in [-0.3, -0.25) is 0 Å². The van der Waals surface area contributed by atoms with Crippen LogP contribution in [-0.2, 0) is 7.56 Å². The van der Waals surface area contributed by atoms with Crippen molar-refractivity contribution >= 4 is 38.4 Å². The molecular weight excluding hydrogens is 406 g/mol. The Labute approximate surface area is 105 Å². The molecule has 0 spiro atoms. The third-order valence-electron chi connectivity index (χ3n) is 1.80. The molecule has 0 aliphatic heterocycles. The van der Waals surface area contributed by atoms with E-state index in [2.05, 4.69) is 33.6 Å². The molecule has 0 amide bonds. The van der Waals surface area contributed by atoms with Crippen LogP contribution in [0.5, 0.6) is 0 Å². The molecule has 0 radical (unpaired) electrons. The zero-order chi connectivity index (χ0) is 11.9. The summed E-state index contributed by atoms with van der Waals surface area (Å²) in [6.45, 7) is 5.92. The van der Waals surface area contributed by atoms with Crippen LogP contribution < -0.4 is 0 Å². The van der Waals surface area contributed by atoms with Crippen molar-refractivity contribution in [2.75, 3.05) is 13.2 Å². The van der Waals surface area contributed by atoms with Crippen molar-refractivity contribution in [3.8, 4) is 0 Å². The van der Waals surface area contributed by atoms with Crippen molar-refractivity contribution in [3.63, 3.8) is 0 Å². The SMILES string of the molecule is CCC[O][Sn]([CH3])([CH3])[O][Sn]([CH3])([CH3])[O]CCC. The second kappa shape index (κ2) is 7.74. The van der Waals surface area contributed by atoms with Crippen LogP contribution in [0.25, 0.3) is 0 Å². The molecule has 15 heavy (non-hydrogen) atoms. The minimum absolute atomic E-state index is 0.832. The van der Waals surface area contributed by atoms with Crippen molar-refractivity contribution in [1.82, 2.24) is 0 Å². The number of hydrogen-bond donors (Lipinski definition) is 0. The number of hydrogen-bond acceptors (Lipinski definition) is 3. The van der Waals surface area contributed by atoms with Crippen molar-refractivity contribution in [3.05, 3.63) is 0 Å². The summed E-state index contributed by atoms with van der Waals surface area (Å²) in [7, 11) is 0. The van der Waals surface area contributed by atoms with Crippen LogP contribution >= 0.6 is 0 Å². The van der Waals surface area contributed by atoms with Crippen LogP contribution in [0.2, 0.25) is 19.8 Å². The van der Waals surface area contributed by atoms with Gasteiger partial charge in [-0.2, -0.15) is 0 Å². The molecule has 0 unspecified atom stereocenters. The fourth-order valence-corrected chi connectivity index (χ4v) is 34.0. The van der Waals surface area contributed by atoms with Crippen LogP contribution in [0.3, 0.4) is 0 Å². The van der Waals surface area contributed by atoms with E-state index in [1.54, 1.807) is 0 Å². The maximum atomic E-state index is 6.20. The van der Waals surface area contributed by atoms with Crippen LogP contribution in [0.1, 0.15) is 26.7 Å². The molecule has 0 aromatic carbocycles. The Morgan fingerprint density at radius 2 is 1.07 bits per heavy atom. The molecule has 0 aromatic rings. The molecule has 0 aromatic heterocycles. The standard InChI is InChI=1S/2C3H7O.4CH3.O.2Sn/c2*1-2-3-4;;;;;;;/h2*2-3H2,1H3;4*1H3;;;/q2*-1;;;;;;2*+1. The predicted octanol–water partition coefficient (Wildman–Crippen LogP) is 3.26. The normalized spacial score (nSPS) is 13.2. The summed E-state index contributed by atoms with van der Waals surface area (Å²) in [4.78, 5) is 8.72. The topological polar surface area (TPSA) is 27.7 Å². The Balaban J connectivity index is 4.04. The molecule has 0 saturated heterocycles. The Hall–Kier alpha value is 1.48. The van der Waals surface area contributed by atoms with Gasteiger partial charge in [0, 0.05) is 0 Å². The third-order valence-corrected chi connectivity index (χ3v) is 28.6. The van der Waals surface area contributed by atoms with E-state index >= 15 is 0 Å². The first kappa shape index (κ1) is 16.5. The van der Waals surface area contributed by atoms with Gasteiger partial charge in [0.15, 0.2) is 0 Å². The number of rotatable bonds is 8. The fraction of sp³-hybridized carbons (Fsp3) is 1.00. The van der Waals surface area contributed by atoms with Gasteiger partial charge in [-0.15, -0.1) is 0 Å². The van der Waals surface area contributed by atoms with Crippen molar-refractivity contribution in [1.29, 1.82) is 0 Å². The second-order valence-electron chi connectivity index (χ2n) is 4.60. The summed E-state index contributed by atoms with van der Waals surface area (Å²) >= 11 is -5.36. The van der Waals surface area contributed by atoms with Gasteiger partial charge >= 0.3 is 106 Å². The minimum atomic E-state index is -2.68. The summed E-state index contributed by atoms with van der Waals surface area (Å²) in [6.07, 6.45) is 2.13. The fourth-order valence-electron chi connectivity index (χ4n) is 1.35. The van der Waals surface area contributed by atoms with Gasteiger partial charge < -0.3 is 0 Å². The Bertz CT molecular complexity index is 154. The van der Waals surface area contributed by atoms with Crippen LogP contribution in [0, 0.1) is 0 Å². The van der Waals surface area contributed by atoms with E-state index in [0.717, 1.165) is 26.1 Å². The molecular formula is C10H26O3Sn2. The molecule has 0 aliphatic rings. The predicted molar refractivity (Wildman–Crippen MR) is 68.5 cm³/mol. The van der Waals surface area contributed by atoms with Gasteiger partial charge in [-0.05, 0) is 0 Å². The summed E-state index contributed by atoms with van der Waals surface area (Å²) in [6, 6.07) is 0. The Morgan fingerprint density at radius 3 is 1.33 bits per heavy atom. The molecule has 0 saturated carbocycles. The van der Waals surface area contributed by atoms with Gasteiger partial charge in [0.05, 0.1) is 0 Å². The third kappa shape index (κ3) is 9.20. The van der Waals surface area contributed by atoms with Gasteiger partial charge in [0.1, 0.15) is 0 Å². The first-order chi connectivity index (χ1) is 6.83. The van der Waals surface area contributed by atoms with Crippen molar-refractivity contribution in [2.45, 2.75) is 46.4 Å².